The van der Waals surface area contributed by atoms with Crippen LogP contribution < -0.4 is 16.6 Å². The van der Waals surface area contributed by atoms with E-state index in [4.69, 9.17) is 10.2 Å². The monoisotopic (exact) mass is 371 g/mol. The number of carbonyl (C=O) groups excluding carboxylic acids is 2. The van der Waals surface area contributed by atoms with Crippen LogP contribution in [0.4, 0.5) is 5.82 Å². The molecule has 0 spiro atoms. The van der Waals surface area contributed by atoms with E-state index in [1.54, 1.807) is 12.1 Å². The van der Waals surface area contributed by atoms with Crippen molar-refractivity contribution in [1.82, 2.24) is 9.88 Å². The number of hydrogen-bond donors (Lipinski definition) is 2. The van der Waals surface area contributed by atoms with Crippen molar-refractivity contribution in [1.29, 1.82) is 0 Å². The van der Waals surface area contributed by atoms with Crippen LogP contribution in [-0.2, 0) is 0 Å². The van der Waals surface area contributed by atoms with Crippen LogP contribution in [0.2, 0.25) is 0 Å². The number of carbonyl (C=O) groups is 2. The highest BCUT2D eigenvalue weighted by atomic mass is 16.3. The Morgan fingerprint density at radius 3 is 2.46 bits per heavy atom. The molecule has 0 radical (unpaired) electrons. The Labute approximate surface area is 158 Å². The lowest BCUT2D eigenvalue weighted by Gasteiger charge is -2.12. The van der Waals surface area contributed by atoms with Gasteiger partial charge in [-0.25, -0.2) is 0 Å². The summed E-state index contributed by atoms with van der Waals surface area (Å²) in [5, 5.41) is 2.94. The van der Waals surface area contributed by atoms with Gasteiger partial charge >= 0.3 is 0 Å². The number of para-hydroxylation sites is 1. The van der Waals surface area contributed by atoms with Crippen molar-refractivity contribution in [3.05, 3.63) is 82.1 Å². The van der Waals surface area contributed by atoms with Crippen LogP contribution in [0.5, 0.6) is 0 Å². The van der Waals surface area contributed by atoms with E-state index < -0.39 is 17.4 Å². The molecule has 2 aromatic heterocycles. The third-order valence-corrected chi connectivity index (χ3v) is 4.78. The molecule has 0 bridgehead atoms. The molecule has 136 valence electrons. The lowest BCUT2D eigenvalue weighted by Crippen LogP contribution is -2.24. The number of nitrogens with zero attached hydrogens (tertiary/aromatic N) is 1. The largest absolute Gasteiger partial charge is 0.454 e. The Bertz CT molecular complexity index is 1350. The highest BCUT2D eigenvalue weighted by molar-refractivity contribution is 6.23. The molecule has 0 saturated heterocycles. The summed E-state index contributed by atoms with van der Waals surface area (Å²) < 4.78 is 7.23. The molecule has 4 aromatic rings. The normalized spacial score (nSPS) is 13.0. The zero-order valence-corrected chi connectivity index (χ0v) is 14.4. The molecule has 28 heavy (non-hydrogen) atoms. The van der Waals surface area contributed by atoms with Crippen LogP contribution in [0.15, 0.2) is 69.9 Å². The number of furan rings is 1. The molecule has 7 heteroatoms. The molecule has 3 heterocycles. The smallest absolute Gasteiger partial charge is 0.262 e. The molecule has 2 aromatic carbocycles. The number of nitrogens with two attached hydrogens (primary N) is 1. The number of aromatic nitrogens is 1. The fraction of sp³-hybridized carbons (Fsp3) is 0. The quantitative estimate of drug-likeness (QED) is 0.527. The maximum Gasteiger partial charge on any atom is 0.262 e. The molecule has 0 fully saturated rings. The van der Waals surface area contributed by atoms with Crippen LogP contribution in [0.1, 0.15) is 20.7 Å². The fourth-order valence-electron chi connectivity index (χ4n) is 3.50. The summed E-state index contributed by atoms with van der Waals surface area (Å²) in [6.45, 7) is 0. The van der Waals surface area contributed by atoms with E-state index in [-0.39, 0.29) is 16.9 Å². The van der Waals surface area contributed by atoms with Gasteiger partial charge in [-0.3, -0.25) is 24.3 Å². The molecule has 0 saturated carbocycles. The Morgan fingerprint density at radius 2 is 1.68 bits per heavy atom. The van der Waals surface area contributed by atoms with Crippen LogP contribution in [0.3, 0.4) is 0 Å². The summed E-state index contributed by atoms with van der Waals surface area (Å²) in [6.07, 6.45) is 0. The first-order chi connectivity index (χ1) is 13.5. The number of hydrogen-bond acceptors (Lipinski definition) is 5. The average molecular weight is 371 g/mol. The Kier molecular flexibility index (Phi) is 3.26. The zero-order valence-electron chi connectivity index (χ0n) is 14.4. The van der Waals surface area contributed by atoms with E-state index in [1.165, 1.54) is 4.57 Å². The van der Waals surface area contributed by atoms with Crippen molar-refractivity contribution in [2.75, 3.05) is 5.73 Å². The third kappa shape index (κ3) is 2.20. The minimum atomic E-state index is -0.626. The predicted octanol–water partition coefficient (Wildman–Crippen LogP) is 2.72. The molecular weight excluding hydrogens is 358 g/mol. The van der Waals surface area contributed by atoms with Gasteiger partial charge in [-0.15, -0.1) is 0 Å². The minimum absolute atomic E-state index is 0.00329. The van der Waals surface area contributed by atoms with E-state index in [2.05, 4.69) is 5.32 Å². The molecule has 1 aliphatic rings. The summed E-state index contributed by atoms with van der Waals surface area (Å²) in [7, 11) is 0. The lowest BCUT2D eigenvalue weighted by atomic mass is 10.1. The highest BCUT2D eigenvalue weighted by Gasteiger charge is 2.32. The summed E-state index contributed by atoms with van der Waals surface area (Å²) in [5.41, 5.74) is 7.35. The number of benzene rings is 2. The average Bonchev–Trinajstić information content (AvgIpc) is 3.24. The van der Waals surface area contributed by atoms with Crippen molar-refractivity contribution >= 4 is 28.6 Å². The van der Waals surface area contributed by atoms with Crippen molar-refractivity contribution in [2.45, 2.75) is 0 Å². The first-order valence-corrected chi connectivity index (χ1v) is 8.54. The molecule has 0 atom stereocenters. The van der Waals surface area contributed by atoms with E-state index in [0.717, 1.165) is 17.0 Å². The molecule has 5 rings (SSSR count). The minimum Gasteiger partial charge on any atom is -0.454 e. The van der Waals surface area contributed by atoms with Gasteiger partial charge in [0, 0.05) is 17.0 Å². The number of nitrogen functional groups attached to an aromatic ring is 1. The number of anilines is 1. The molecule has 0 unspecified atom stereocenters. The summed E-state index contributed by atoms with van der Waals surface area (Å²) in [4.78, 5) is 36.7. The number of imide groups is 1. The van der Waals surface area contributed by atoms with Crippen molar-refractivity contribution in [2.24, 2.45) is 0 Å². The number of rotatable bonds is 2. The fourth-order valence-corrected chi connectivity index (χ4v) is 3.50. The van der Waals surface area contributed by atoms with Gasteiger partial charge in [-0.1, -0.05) is 42.5 Å². The van der Waals surface area contributed by atoms with E-state index in [9.17, 15) is 14.4 Å². The van der Waals surface area contributed by atoms with Gasteiger partial charge in [0.15, 0.2) is 5.58 Å². The van der Waals surface area contributed by atoms with Gasteiger partial charge in [0.25, 0.3) is 17.4 Å². The summed E-state index contributed by atoms with van der Waals surface area (Å²) in [6, 6.07) is 17.9. The van der Waals surface area contributed by atoms with Crippen molar-refractivity contribution < 1.29 is 14.0 Å². The molecule has 3 N–H and O–H groups in total. The number of nitrogens with one attached hydrogen (secondary N) is 1. The maximum atomic E-state index is 12.7. The zero-order chi connectivity index (χ0) is 19.4. The van der Waals surface area contributed by atoms with Gasteiger partial charge < -0.3 is 10.2 Å². The molecule has 7 nitrogen and oxygen atoms in total. The second-order valence-corrected chi connectivity index (χ2v) is 6.45. The number of amides is 2. The van der Waals surface area contributed by atoms with Gasteiger partial charge in [-0.2, -0.15) is 0 Å². The van der Waals surface area contributed by atoms with Crippen LogP contribution in [0.25, 0.3) is 28.0 Å². The molecule has 1 aliphatic heterocycles. The van der Waals surface area contributed by atoms with Crippen molar-refractivity contribution in [3.63, 3.8) is 0 Å². The second-order valence-electron chi connectivity index (χ2n) is 6.45. The number of fused-ring (bicyclic) bond motifs is 2. The first-order valence-electron chi connectivity index (χ1n) is 8.54. The van der Waals surface area contributed by atoms with E-state index in [1.807, 2.05) is 42.5 Å². The molecule has 2 amide bonds. The SMILES string of the molecule is Nc1c2c(cc(=O)n1-c1cccc3cc(-c4ccccc4)oc13)C(=O)NC2=O. The van der Waals surface area contributed by atoms with Crippen LogP contribution >= 0.6 is 0 Å². The lowest BCUT2D eigenvalue weighted by molar-refractivity contribution is 0.0880. The Balaban J connectivity index is 1.78. The summed E-state index contributed by atoms with van der Waals surface area (Å²) >= 11 is 0. The predicted molar refractivity (Wildman–Crippen MR) is 103 cm³/mol. The topological polar surface area (TPSA) is 107 Å². The molecular formula is C21H13N3O4. The highest BCUT2D eigenvalue weighted by Crippen LogP contribution is 2.32. The van der Waals surface area contributed by atoms with Crippen LogP contribution in [0, 0.1) is 0 Å². The van der Waals surface area contributed by atoms with E-state index in [0.29, 0.717) is 17.0 Å². The maximum absolute atomic E-state index is 12.7. The van der Waals surface area contributed by atoms with Crippen LogP contribution in [-0.4, -0.2) is 16.4 Å². The van der Waals surface area contributed by atoms with Crippen molar-refractivity contribution in [3.8, 4) is 17.0 Å². The standard InChI is InChI=1S/C21H13N3O4/c22-19-17-13(20(26)23-21(17)27)10-16(25)24(19)14-8-4-7-12-9-15(28-18(12)14)11-5-2-1-3-6-11/h1-10H,22H2,(H,23,26,27). The number of pyridine rings is 1. The molecule has 0 aliphatic carbocycles. The van der Waals surface area contributed by atoms with Gasteiger partial charge in [0.05, 0.1) is 16.8 Å². The third-order valence-electron chi connectivity index (χ3n) is 4.78. The van der Waals surface area contributed by atoms with Gasteiger partial charge in [0.2, 0.25) is 0 Å². The summed E-state index contributed by atoms with van der Waals surface area (Å²) in [5.74, 6) is -0.707. The Morgan fingerprint density at radius 1 is 0.893 bits per heavy atom. The van der Waals surface area contributed by atoms with Gasteiger partial charge in [-0.05, 0) is 12.1 Å². The Hall–Kier alpha value is -4.13. The first kappa shape index (κ1) is 16.1. The van der Waals surface area contributed by atoms with Gasteiger partial charge in [0.1, 0.15) is 11.6 Å². The second kappa shape index (κ2) is 5.68. The van der Waals surface area contributed by atoms with E-state index >= 15 is 0 Å².